The Balaban J connectivity index is 2.12. The van der Waals surface area contributed by atoms with Gasteiger partial charge >= 0.3 is 0 Å². The fraction of sp³-hybridized carbons (Fsp3) is 0.562. The fourth-order valence-corrected chi connectivity index (χ4v) is 3.67. The molecule has 1 aliphatic rings. The number of thiophene rings is 1. The van der Waals surface area contributed by atoms with Crippen LogP contribution in [-0.2, 0) is 0 Å². The van der Waals surface area contributed by atoms with Crippen LogP contribution in [0.4, 0.5) is 0 Å². The Labute approximate surface area is 130 Å². The Morgan fingerprint density at radius 1 is 1.62 bits per heavy atom. The quantitative estimate of drug-likeness (QED) is 0.843. The van der Waals surface area contributed by atoms with Crippen molar-refractivity contribution >= 4 is 17.2 Å². The van der Waals surface area contributed by atoms with Crippen LogP contribution in [0.15, 0.2) is 6.07 Å². The van der Waals surface area contributed by atoms with Gasteiger partial charge in [0.2, 0.25) is 0 Å². The van der Waals surface area contributed by atoms with Gasteiger partial charge in [0, 0.05) is 19.6 Å². The van der Waals surface area contributed by atoms with Crippen molar-refractivity contribution in [2.45, 2.75) is 25.8 Å². The lowest BCUT2D eigenvalue weighted by Gasteiger charge is -2.35. The first-order valence-electron chi connectivity index (χ1n) is 7.28. The molecular formula is C16H23N3OS. The molecule has 1 atom stereocenters. The average molecular weight is 305 g/mol. The monoisotopic (exact) mass is 305 g/mol. The number of hydrogen-bond donors (Lipinski definition) is 1. The summed E-state index contributed by atoms with van der Waals surface area (Å²) in [6.45, 7) is 4.40. The van der Waals surface area contributed by atoms with Gasteiger partial charge in [0.15, 0.2) is 0 Å². The highest BCUT2D eigenvalue weighted by Crippen LogP contribution is 2.24. The van der Waals surface area contributed by atoms with E-state index >= 15 is 0 Å². The number of likely N-dealkylation sites (N-methyl/N-ethyl adjacent to an activating group) is 2. The Bertz CT molecular complexity index is 570. The van der Waals surface area contributed by atoms with Crippen molar-refractivity contribution in [3.63, 3.8) is 0 Å². The molecule has 2 heterocycles. The van der Waals surface area contributed by atoms with E-state index in [9.17, 15) is 4.79 Å². The zero-order chi connectivity index (χ0) is 15.4. The summed E-state index contributed by atoms with van der Waals surface area (Å²) in [6.07, 6.45) is 2.23. The molecule has 2 rings (SSSR count). The number of carbonyl (C=O) groups is 1. The second-order valence-electron chi connectivity index (χ2n) is 5.60. The summed E-state index contributed by atoms with van der Waals surface area (Å²) in [6, 6.07) is 2.24. The van der Waals surface area contributed by atoms with E-state index in [0.29, 0.717) is 12.6 Å². The average Bonchev–Trinajstić information content (AvgIpc) is 2.84. The maximum Gasteiger partial charge on any atom is 0.264 e. The van der Waals surface area contributed by atoms with Gasteiger partial charge in [-0.3, -0.25) is 4.79 Å². The number of likely N-dealkylation sites (tertiary alicyclic amines) is 1. The van der Waals surface area contributed by atoms with Crippen LogP contribution in [0.25, 0.3) is 0 Å². The van der Waals surface area contributed by atoms with Crippen molar-refractivity contribution in [1.82, 2.24) is 9.80 Å². The Hall–Kier alpha value is -1.35. The highest BCUT2D eigenvalue weighted by atomic mass is 32.1. The minimum atomic E-state index is 0.101. The molecule has 0 aliphatic carbocycles. The first kappa shape index (κ1) is 16.0. The van der Waals surface area contributed by atoms with Gasteiger partial charge < -0.3 is 15.5 Å². The number of aryl methyl sites for hydroxylation is 1. The van der Waals surface area contributed by atoms with Crippen LogP contribution < -0.4 is 5.73 Å². The van der Waals surface area contributed by atoms with Crippen LogP contribution >= 0.6 is 11.3 Å². The standard InChI is InChI=1S/C16H23N3OS/c1-12-10-15(21-14(12)7-4-8-17)16(20)19(3)13-6-5-9-18(2)11-13/h10,13H,5-6,8-9,11,17H2,1-3H3. The minimum absolute atomic E-state index is 0.101. The van der Waals surface area contributed by atoms with Gasteiger partial charge in [0.05, 0.1) is 16.3 Å². The summed E-state index contributed by atoms with van der Waals surface area (Å²) in [7, 11) is 4.02. The molecule has 4 nitrogen and oxygen atoms in total. The molecule has 1 unspecified atom stereocenters. The van der Waals surface area contributed by atoms with E-state index in [-0.39, 0.29) is 5.91 Å². The molecule has 1 saturated heterocycles. The molecule has 2 N–H and O–H groups in total. The number of amides is 1. The number of rotatable bonds is 2. The van der Waals surface area contributed by atoms with Gasteiger partial charge in [0.1, 0.15) is 0 Å². The van der Waals surface area contributed by atoms with Crippen LogP contribution in [0.5, 0.6) is 0 Å². The van der Waals surface area contributed by atoms with Crippen molar-refractivity contribution < 1.29 is 4.79 Å². The third-order valence-electron chi connectivity index (χ3n) is 3.90. The van der Waals surface area contributed by atoms with E-state index in [4.69, 9.17) is 5.73 Å². The molecule has 0 spiro atoms. The number of nitrogens with two attached hydrogens (primary N) is 1. The van der Waals surface area contributed by atoms with Crippen molar-refractivity contribution in [3.8, 4) is 11.8 Å². The molecule has 0 bridgehead atoms. The summed E-state index contributed by atoms with van der Waals surface area (Å²) in [4.78, 5) is 18.5. The molecule has 114 valence electrons. The lowest BCUT2D eigenvalue weighted by atomic mass is 10.0. The number of carbonyl (C=O) groups excluding carboxylic acids is 1. The predicted octanol–water partition coefficient (Wildman–Crippen LogP) is 1.53. The maximum absolute atomic E-state index is 12.6. The number of piperidine rings is 1. The molecule has 21 heavy (non-hydrogen) atoms. The second-order valence-corrected chi connectivity index (χ2v) is 6.66. The molecule has 0 saturated carbocycles. The van der Waals surface area contributed by atoms with Crippen LogP contribution in [0, 0.1) is 18.8 Å². The topological polar surface area (TPSA) is 49.6 Å². The lowest BCUT2D eigenvalue weighted by Crippen LogP contribution is -2.47. The van der Waals surface area contributed by atoms with E-state index in [1.165, 1.54) is 11.3 Å². The summed E-state index contributed by atoms with van der Waals surface area (Å²) in [5.74, 6) is 5.99. The fourth-order valence-electron chi connectivity index (χ4n) is 2.64. The Kier molecular flexibility index (Phi) is 5.40. The summed E-state index contributed by atoms with van der Waals surface area (Å²) >= 11 is 1.47. The van der Waals surface area contributed by atoms with Gasteiger partial charge in [0.25, 0.3) is 5.91 Å². The molecule has 1 aromatic rings. The van der Waals surface area contributed by atoms with Crippen molar-refractivity contribution in [1.29, 1.82) is 0 Å². The first-order valence-corrected chi connectivity index (χ1v) is 8.09. The van der Waals surface area contributed by atoms with Gasteiger partial charge in [-0.1, -0.05) is 11.8 Å². The zero-order valence-electron chi connectivity index (χ0n) is 13.0. The van der Waals surface area contributed by atoms with Gasteiger partial charge in [-0.2, -0.15) is 0 Å². The van der Waals surface area contributed by atoms with Crippen molar-refractivity contribution in [2.24, 2.45) is 5.73 Å². The van der Waals surface area contributed by atoms with E-state index in [1.54, 1.807) is 0 Å². The molecular weight excluding hydrogens is 282 g/mol. The normalized spacial score (nSPS) is 19.0. The molecule has 1 aromatic heterocycles. The van der Waals surface area contributed by atoms with Gasteiger partial charge in [-0.05, 0) is 45.0 Å². The summed E-state index contributed by atoms with van der Waals surface area (Å²) in [5.41, 5.74) is 6.46. The summed E-state index contributed by atoms with van der Waals surface area (Å²) < 4.78 is 0. The lowest BCUT2D eigenvalue weighted by molar-refractivity contribution is 0.0649. The number of hydrogen-bond acceptors (Lipinski definition) is 4. The van der Waals surface area contributed by atoms with Gasteiger partial charge in [-0.25, -0.2) is 0 Å². The van der Waals surface area contributed by atoms with E-state index in [1.807, 2.05) is 24.9 Å². The molecule has 0 radical (unpaired) electrons. The maximum atomic E-state index is 12.6. The van der Waals surface area contributed by atoms with Crippen LogP contribution in [0.1, 0.15) is 33.0 Å². The van der Waals surface area contributed by atoms with E-state index in [0.717, 1.165) is 41.2 Å². The number of nitrogens with zero attached hydrogens (tertiary/aromatic N) is 2. The van der Waals surface area contributed by atoms with E-state index < -0.39 is 0 Å². The Morgan fingerprint density at radius 3 is 3.05 bits per heavy atom. The van der Waals surface area contributed by atoms with E-state index in [2.05, 4.69) is 23.8 Å². The zero-order valence-corrected chi connectivity index (χ0v) is 13.8. The summed E-state index contributed by atoms with van der Waals surface area (Å²) in [5, 5.41) is 0. The first-order chi connectivity index (χ1) is 10.0. The van der Waals surface area contributed by atoms with Crippen molar-refractivity contribution in [2.75, 3.05) is 33.7 Å². The molecule has 1 aliphatic heterocycles. The molecule has 5 heteroatoms. The van der Waals surface area contributed by atoms with Crippen LogP contribution in [-0.4, -0.2) is 55.5 Å². The third-order valence-corrected chi connectivity index (χ3v) is 5.04. The second kappa shape index (κ2) is 7.08. The minimum Gasteiger partial charge on any atom is -0.337 e. The smallest absolute Gasteiger partial charge is 0.264 e. The molecule has 1 fully saturated rings. The SMILES string of the molecule is Cc1cc(C(=O)N(C)C2CCCN(C)C2)sc1C#CCN. The molecule has 0 aromatic carbocycles. The predicted molar refractivity (Wildman–Crippen MR) is 87.6 cm³/mol. The molecule has 1 amide bonds. The highest BCUT2D eigenvalue weighted by molar-refractivity contribution is 7.14. The van der Waals surface area contributed by atoms with Crippen LogP contribution in [0.3, 0.4) is 0 Å². The largest absolute Gasteiger partial charge is 0.337 e. The van der Waals surface area contributed by atoms with Crippen molar-refractivity contribution in [3.05, 3.63) is 21.4 Å². The van der Waals surface area contributed by atoms with Gasteiger partial charge in [-0.15, -0.1) is 11.3 Å². The Morgan fingerprint density at radius 2 is 2.38 bits per heavy atom. The third kappa shape index (κ3) is 3.85. The van der Waals surface area contributed by atoms with Crippen LogP contribution in [0.2, 0.25) is 0 Å². The highest BCUT2D eigenvalue weighted by Gasteiger charge is 2.26.